The minimum atomic E-state index is -0.562. The van der Waals surface area contributed by atoms with Crippen LogP contribution in [0, 0.1) is 5.41 Å². The lowest BCUT2D eigenvalue weighted by atomic mass is 9.72. The highest BCUT2D eigenvalue weighted by molar-refractivity contribution is 6.08. The fourth-order valence-electron chi connectivity index (χ4n) is 1.32. The summed E-state index contributed by atoms with van der Waals surface area (Å²) in [6.45, 7) is 6.19. The quantitative estimate of drug-likeness (QED) is 0.440. The minimum absolute atomic E-state index is 0.370. The van der Waals surface area contributed by atoms with Crippen molar-refractivity contribution < 1.29 is 14.3 Å². The van der Waals surface area contributed by atoms with Crippen molar-refractivity contribution in [2.45, 2.75) is 40.0 Å². The van der Waals surface area contributed by atoms with E-state index in [1.165, 1.54) is 32.3 Å². The van der Waals surface area contributed by atoms with E-state index in [1.807, 2.05) is 0 Å². The Bertz CT molecular complexity index is 281. The highest BCUT2D eigenvalue weighted by atomic mass is 16.6. The summed E-state index contributed by atoms with van der Waals surface area (Å²) in [7, 11) is 0. The summed E-state index contributed by atoms with van der Waals surface area (Å²) in [4.78, 5) is 20.4. The van der Waals surface area contributed by atoms with Gasteiger partial charge in [-0.2, -0.15) is 0 Å². The van der Waals surface area contributed by atoms with E-state index in [-0.39, 0.29) is 0 Å². The van der Waals surface area contributed by atoms with Crippen LogP contribution in [-0.4, -0.2) is 11.9 Å². The zero-order chi connectivity index (χ0) is 10.8. The Kier molecular flexibility index (Phi) is 3.09. The molecular formula is C11H16O3. The van der Waals surface area contributed by atoms with Crippen molar-refractivity contribution in [3.8, 4) is 0 Å². The Morgan fingerprint density at radius 1 is 1.29 bits per heavy atom. The Hall–Kier alpha value is -1.12. The van der Waals surface area contributed by atoms with Crippen molar-refractivity contribution in [1.82, 2.24) is 0 Å². The third kappa shape index (κ3) is 2.98. The molecule has 1 fully saturated rings. The van der Waals surface area contributed by atoms with Crippen LogP contribution < -0.4 is 0 Å². The van der Waals surface area contributed by atoms with Gasteiger partial charge in [0, 0.05) is 11.6 Å². The summed E-state index contributed by atoms with van der Waals surface area (Å²) in [5.41, 5.74) is 1.09. The van der Waals surface area contributed by atoms with Gasteiger partial charge in [0.1, 0.15) is 0 Å². The molecule has 1 heterocycles. The van der Waals surface area contributed by atoms with E-state index in [2.05, 4.69) is 18.6 Å². The molecule has 0 bridgehead atoms. The fraction of sp³-hybridized carbons (Fsp3) is 0.636. The zero-order valence-corrected chi connectivity index (χ0v) is 8.92. The van der Waals surface area contributed by atoms with E-state index >= 15 is 0 Å². The predicted octanol–water partition coefficient (Wildman–Crippen LogP) is 2.21. The Morgan fingerprint density at radius 3 is 1.86 bits per heavy atom. The molecule has 3 nitrogen and oxygen atoms in total. The molecule has 0 amide bonds. The highest BCUT2D eigenvalue weighted by Crippen LogP contribution is 2.38. The molecule has 14 heavy (non-hydrogen) atoms. The van der Waals surface area contributed by atoms with Crippen molar-refractivity contribution in [3.63, 3.8) is 0 Å². The maximum atomic E-state index is 10.3. The van der Waals surface area contributed by atoms with Gasteiger partial charge in [-0.15, -0.1) is 0 Å². The van der Waals surface area contributed by atoms with Crippen molar-refractivity contribution in [3.05, 3.63) is 11.6 Å². The normalized spacial score (nSPS) is 22.9. The molecule has 0 unspecified atom stereocenters. The molecule has 0 aromatic carbocycles. The van der Waals surface area contributed by atoms with Gasteiger partial charge in [-0.3, -0.25) is 0 Å². The number of rotatable bonds is 0. The SMILES string of the molecule is CC1(C)CCC1.CC1=CC(=O)OC1=O. The molecule has 0 aromatic heterocycles. The van der Waals surface area contributed by atoms with Crippen molar-refractivity contribution in [1.29, 1.82) is 0 Å². The molecule has 1 saturated carbocycles. The van der Waals surface area contributed by atoms with Gasteiger partial charge >= 0.3 is 11.9 Å². The second kappa shape index (κ2) is 3.95. The number of hydrogen-bond donors (Lipinski definition) is 0. The van der Waals surface area contributed by atoms with E-state index in [9.17, 15) is 9.59 Å². The smallest absolute Gasteiger partial charge is 0.341 e. The predicted molar refractivity (Wildman–Crippen MR) is 52.5 cm³/mol. The average molecular weight is 196 g/mol. The Labute approximate surface area is 84.1 Å². The number of hydrogen-bond acceptors (Lipinski definition) is 3. The minimum Gasteiger partial charge on any atom is -0.386 e. The summed E-state index contributed by atoms with van der Waals surface area (Å²) >= 11 is 0. The summed E-state index contributed by atoms with van der Waals surface area (Å²) in [5.74, 6) is -1.09. The van der Waals surface area contributed by atoms with Gasteiger partial charge in [-0.1, -0.05) is 20.3 Å². The summed E-state index contributed by atoms with van der Waals surface area (Å²) in [6, 6.07) is 0. The maximum Gasteiger partial charge on any atom is 0.341 e. The van der Waals surface area contributed by atoms with E-state index in [0.717, 1.165) is 5.41 Å². The van der Waals surface area contributed by atoms with Crippen LogP contribution in [0.1, 0.15) is 40.0 Å². The Morgan fingerprint density at radius 2 is 1.79 bits per heavy atom. The second-order valence-electron chi connectivity index (χ2n) is 4.55. The lowest BCUT2D eigenvalue weighted by Crippen LogP contribution is -2.20. The van der Waals surface area contributed by atoms with Crippen LogP contribution in [0.15, 0.2) is 11.6 Å². The molecule has 1 aliphatic carbocycles. The lowest BCUT2D eigenvalue weighted by Gasteiger charge is -2.33. The van der Waals surface area contributed by atoms with Gasteiger partial charge in [-0.25, -0.2) is 9.59 Å². The first kappa shape index (κ1) is 11.0. The van der Waals surface area contributed by atoms with Crippen LogP contribution >= 0.6 is 0 Å². The van der Waals surface area contributed by atoms with Crippen LogP contribution in [-0.2, 0) is 14.3 Å². The van der Waals surface area contributed by atoms with Crippen molar-refractivity contribution >= 4 is 11.9 Å². The van der Waals surface area contributed by atoms with Gasteiger partial charge in [0.2, 0.25) is 0 Å². The van der Waals surface area contributed by atoms with Gasteiger partial charge in [0.25, 0.3) is 0 Å². The van der Waals surface area contributed by atoms with Crippen LogP contribution in [0.2, 0.25) is 0 Å². The molecular weight excluding hydrogens is 180 g/mol. The van der Waals surface area contributed by atoms with Gasteiger partial charge < -0.3 is 4.74 Å². The van der Waals surface area contributed by atoms with Crippen LogP contribution in [0.25, 0.3) is 0 Å². The first-order valence-electron chi connectivity index (χ1n) is 4.85. The average Bonchev–Trinajstić information content (AvgIpc) is 2.28. The molecule has 2 aliphatic rings. The molecule has 0 spiro atoms. The Balaban J connectivity index is 0.000000146. The molecule has 0 atom stereocenters. The molecule has 0 radical (unpaired) electrons. The molecule has 0 aromatic rings. The van der Waals surface area contributed by atoms with Gasteiger partial charge in [0.15, 0.2) is 0 Å². The third-order valence-electron chi connectivity index (χ3n) is 2.56. The van der Waals surface area contributed by atoms with Crippen molar-refractivity contribution in [2.24, 2.45) is 5.41 Å². The number of carbonyl (C=O) groups is 2. The first-order valence-corrected chi connectivity index (χ1v) is 4.85. The van der Waals surface area contributed by atoms with Crippen LogP contribution in [0.5, 0.6) is 0 Å². The monoisotopic (exact) mass is 196 g/mol. The lowest BCUT2D eigenvalue weighted by molar-refractivity contribution is -0.150. The van der Waals surface area contributed by atoms with E-state index in [4.69, 9.17) is 0 Å². The summed E-state index contributed by atoms with van der Waals surface area (Å²) < 4.78 is 4.10. The zero-order valence-electron chi connectivity index (χ0n) is 8.92. The highest BCUT2D eigenvalue weighted by Gasteiger charge is 2.25. The van der Waals surface area contributed by atoms with E-state index in [0.29, 0.717) is 5.57 Å². The number of carbonyl (C=O) groups excluding carboxylic acids is 2. The number of cyclic esters (lactones) is 2. The molecule has 0 saturated heterocycles. The molecule has 1 aliphatic heterocycles. The van der Waals surface area contributed by atoms with Gasteiger partial charge in [-0.05, 0) is 25.2 Å². The standard InChI is InChI=1S/C6H12.C5H4O3/c1-6(2)4-3-5-6;1-3-2-4(6)8-5(3)7/h3-5H2,1-2H3;2H,1H3. The third-order valence-corrected chi connectivity index (χ3v) is 2.56. The topological polar surface area (TPSA) is 43.4 Å². The number of esters is 2. The van der Waals surface area contributed by atoms with E-state index < -0.39 is 11.9 Å². The van der Waals surface area contributed by atoms with Gasteiger partial charge in [0.05, 0.1) is 0 Å². The second-order valence-corrected chi connectivity index (χ2v) is 4.55. The molecule has 2 rings (SSSR count). The summed E-state index contributed by atoms with van der Waals surface area (Å²) in [5, 5.41) is 0. The fourth-order valence-corrected chi connectivity index (χ4v) is 1.32. The molecule has 78 valence electrons. The maximum absolute atomic E-state index is 10.3. The van der Waals surface area contributed by atoms with Crippen LogP contribution in [0.4, 0.5) is 0 Å². The molecule has 0 N–H and O–H groups in total. The first-order chi connectivity index (χ1) is 6.41. The van der Waals surface area contributed by atoms with Crippen LogP contribution in [0.3, 0.4) is 0 Å². The largest absolute Gasteiger partial charge is 0.386 e. The summed E-state index contributed by atoms with van der Waals surface area (Å²) in [6.07, 6.45) is 5.54. The molecule has 3 heteroatoms. The van der Waals surface area contributed by atoms with E-state index in [1.54, 1.807) is 0 Å². The van der Waals surface area contributed by atoms with Crippen molar-refractivity contribution in [2.75, 3.05) is 0 Å². The number of ether oxygens (including phenoxy) is 1.